The number of rotatable bonds is 2. The molecule has 5 heteroatoms. The Balaban J connectivity index is 2.43. The Bertz CT molecular complexity index is 525. The van der Waals surface area contributed by atoms with Gasteiger partial charge >= 0.3 is 0 Å². The summed E-state index contributed by atoms with van der Waals surface area (Å²) in [5.41, 5.74) is 6.58. The number of nitrogens with two attached hydrogens (primary N) is 1. The van der Waals surface area contributed by atoms with Crippen LogP contribution in [0.25, 0.3) is 0 Å². The summed E-state index contributed by atoms with van der Waals surface area (Å²) in [5.74, 6) is 0.176. The Morgan fingerprint density at radius 3 is 2.65 bits per heavy atom. The molecule has 1 aromatic heterocycles. The standard InChI is InChI=1S/C12H11ClFN3/c1-17(10-5-3-2-4-9(10)14)12-7-8(15)6-11(13)16-12/h2-7H,1H3,(H2,15,16). The fourth-order valence-corrected chi connectivity index (χ4v) is 1.73. The van der Waals surface area contributed by atoms with E-state index in [1.54, 1.807) is 42.3 Å². The van der Waals surface area contributed by atoms with Crippen molar-refractivity contribution in [2.45, 2.75) is 0 Å². The van der Waals surface area contributed by atoms with Crippen LogP contribution in [-0.4, -0.2) is 12.0 Å². The SMILES string of the molecule is CN(c1cc(N)cc(Cl)n1)c1ccccc1F. The van der Waals surface area contributed by atoms with Gasteiger partial charge < -0.3 is 10.6 Å². The third-order valence-electron chi connectivity index (χ3n) is 2.36. The molecule has 2 rings (SSSR count). The molecule has 0 atom stereocenters. The molecular weight excluding hydrogens is 241 g/mol. The van der Waals surface area contributed by atoms with Crippen molar-refractivity contribution in [1.29, 1.82) is 0 Å². The van der Waals surface area contributed by atoms with Crippen LogP contribution < -0.4 is 10.6 Å². The molecule has 1 aromatic carbocycles. The zero-order valence-corrected chi connectivity index (χ0v) is 9.95. The molecule has 0 fully saturated rings. The minimum atomic E-state index is -0.324. The van der Waals surface area contributed by atoms with Gasteiger partial charge in [-0.2, -0.15) is 0 Å². The molecule has 0 aliphatic rings. The highest BCUT2D eigenvalue weighted by Crippen LogP contribution is 2.27. The molecule has 0 saturated carbocycles. The maximum Gasteiger partial charge on any atom is 0.146 e. The summed E-state index contributed by atoms with van der Waals surface area (Å²) in [4.78, 5) is 5.69. The third kappa shape index (κ3) is 2.47. The van der Waals surface area contributed by atoms with Crippen LogP contribution in [0, 0.1) is 5.82 Å². The average molecular weight is 252 g/mol. The largest absolute Gasteiger partial charge is 0.399 e. The normalized spacial score (nSPS) is 10.3. The fourth-order valence-electron chi connectivity index (χ4n) is 1.52. The molecule has 0 bridgehead atoms. The van der Waals surface area contributed by atoms with E-state index in [1.165, 1.54) is 6.07 Å². The summed E-state index contributed by atoms with van der Waals surface area (Å²) in [5, 5.41) is 0.281. The fraction of sp³-hybridized carbons (Fsp3) is 0.0833. The molecule has 88 valence electrons. The summed E-state index contributed by atoms with van der Waals surface area (Å²) in [6, 6.07) is 9.61. The molecule has 0 amide bonds. The van der Waals surface area contributed by atoms with Crippen molar-refractivity contribution in [3.05, 3.63) is 47.4 Å². The molecule has 1 heterocycles. The second kappa shape index (κ2) is 4.59. The first-order valence-electron chi connectivity index (χ1n) is 4.99. The number of aromatic nitrogens is 1. The van der Waals surface area contributed by atoms with Gasteiger partial charge in [0, 0.05) is 18.8 Å². The molecule has 0 spiro atoms. The van der Waals surface area contributed by atoms with E-state index in [2.05, 4.69) is 4.98 Å². The van der Waals surface area contributed by atoms with Gasteiger partial charge in [-0.3, -0.25) is 0 Å². The van der Waals surface area contributed by atoms with Gasteiger partial charge in [-0.25, -0.2) is 9.37 Å². The van der Waals surface area contributed by atoms with Crippen LogP contribution >= 0.6 is 11.6 Å². The number of halogens is 2. The molecule has 0 saturated heterocycles. The monoisotopic (exact) mass is 251 g/mol. The van der Waals surface area contributed by atoms with Crippen molar-refractivity contribution in [2.24, 2.45) is 0 Å². The van der Waals surface area contributed by atoms with Gasteiger partial charge in [0.2, 0.25) is 0 Å². The Hall–Kier alpha value is -1.81. The maximum atomic E-state index is 13.6. The van der Waals surface area contributed by atoms with Crippen molar-refractivity contribution in [3.8, 4) is 0 Å². The minimum absolute atomic E-state index is 0.281. The van der Waals surface area contributed by atoms with Crippen LogP contribution in [0.3, 0.4) is 0 Å². The van der Waals surface area contributed by atoms with E-state index in [0.29, 0.717) is 17.2 Å². The third-order valence-corrected chi connectivity index (χ3v) is 2.55. The number of hydrogen-bond donors (Lipinski definition) is 1. The summed E-state index contributed by atoms with van der Waals surface area (Å²) < 4.78 is 13.6. The quantitative estimate of drug-likeness (QED) is 0.834. The van der Waals surface area contributed by atoms with E-state index in [1.807, 2.05) is 0 Å². The first kappa shape index (κ1) is 11.7. The highest BCUT2D eigenvalue weighted by molar-refractivity contribution is 6.29. The molecule has 17 heavy (non-hydrogen) atoms. The highest BCUT2D eigenvalue weighted by Gasteiger charge is 2.10. The predicted molar refractivity (Wildman–Crippen MR) is 68.1 cm³/mol. The Labute approximate surface area is 104 Å². The molecular formula is C12H11ClFN3. The van der Waals surface area contributed by atoms with Gasteiger partial charge in [-0.1, -0.05) is 23.7 Å². The average Bonchev–Trinajstić information content (AvgIpc) is 2.27. The molecule has 0 radical (unpaired) electrons. The van der Waals surface area contributed by atoms with E-state index in [9.17, 15) is 4.39 Å². The summed E-state index contributed by atoms with van der Waals surface area (Å²) in [7, 11) is 1.70. The van der Waals surface area contributed by atoms with Crippen LogP contribution in [0.15, 0.2) is 36.4 Å². The zero-order valence-electron chi connectivity index (χ0n) is 9.19. The maximum absolute atomic E-state index is 13.6. The topological polar surface area (TPSA) is 42.1 Å². The Morgan fingerprint density at radius 1 is 1.29 bits per heavy atom. The van der Waals surface area contributed by atoms with Crippen LogP contribution in [0.1, 0.15) is 0 Å². The van der Waals surface area contributed by atoms with Gasteiger partial charge in [0.1, 0.15) is 16.8 Å². The second-order valence-corrected chi connectivity index (χ2v) is 3.98. The number of nitrogens with zero attached hydrogens (tertiary/aromatic N) is 2. The molecule has 3 nitrogen and oxygen atoms in total. The first-order chi connectivity index (χ1) is 8.08. The van der Waals surface area contributed by atoms with Crippen molar-refractivity contribution >= 4 is 28.8 Å². The molecule has 0 unspecified atom stereocenters. The van der Waals surface area contributed by atoms with Crippen molar-refractivity contribution in [2.75, 3.05) is 17.7 Å². The second-order valence-electron chi connectivity index (χ2n) is 3.59. The number of pyridine rings is 1. The number of anilines is 3. The van der Waals surface area contributed by atoms with Crippen molar-refractivity contribution < 1.29 is 4.39 Å². The number of para-hydroxylation sites is 1. The van der Waals surface area contributed by atoms with Gasteiger partial charge in [-0.05, 0) is 18.2 Å². The predicted octanol–water partition coefficient (Wildman–Crippen LogP) is 3.22. The molecule has 0 aliphatic heterocycles. The molecule has 0 aliphatic carbocycles. The summed E-state index contributed by atoms with van der Waals surface area (Å²) >= 11 is 5.81. The summed E-state index contributed by atoms with van der Waals surface area (Å²) in [6.45, 7) is 0. The van der Waals surface area contributed by atoms with E-state index >= 15 is 0 Å². The van der Waals surface area contributed by atoms with Crippen molar-refractivity contribution in [3.63, 3.8) is 0 Å². The van der Waals surface area contributed by atoms with E-state index in [-0.39, 0.29) is 11.0 Å². The van der Waals surface area contributed by atoms with Gasteiger partial charge in [0.25, 0.3) is 0 Å². The number of nitrogen functional groups attached to an aromatic ring is 1. The van der Waals surface area contributed by atoms with Crippen LogP contribution in [0.2, 0.25) is 5.15 Å². The number of hydrogen-bond acceptors (Lipinski definition) is 3. The van der Waals surface area contributed by atoms with E-state index in [4.69, 9.17) is 17.3 Å². The van der Waals surface area contributed by atoms with Crippen LogP contribution in [0.4, 0.5) is 21.6 Å². The zero-order chi connectivity index (χ0) is 12.4. The van der Waals surface area contributed by atoms with Crippen molar-refractivity contribution in [1.82, 2.24) is 4.98 Å². The Kier molecular flexibility index (Phi) is 3.15. The minimum Gasteiger partial charge on any atom is -0.399 e. The number of benzene rings is 1. The Morgan fingerprint density at radius 2 is 2.00 bits per heavy atom. The lowest BCUT2D eigenvalue weighted by Gasteiger charge is -2.19. The molecule has 2 N–H and O–H groups in total. The van der Waals surface area contributed by atoms with Crippen LogP contribution in [-0.2, 0) is 0 Å². The van der Waals surface area contributed by atoms with E-state index in [0.717, 1.165) is 0 Å². The first-order valence-corrected chi connectivity index (χ1v) is 5.37. The van der Waals surface area contributed by atoms with Gasteiger partial charge in [0.15, 0.2) is 0 Å². The van der Waals surface area contributed by atoms with Gasteiger partial charge in [0.05, 0.1) is 5.69 Å². The molecule has 2 aromatic rings. The lowest BCUT2D eigenvalue weighted by molar-refractivity contribution is 0.627. The lowest BCUT2D eigenvalue weighted by Crippen LogP contribution is -2.13. The summed E-state index contributed by atoms with van der Waals surface area (Å²) in [6.07, 6.45) is 0. The smallest absolute Gasteiger partial charge is 0.146 e. The highest BCUT2D eigenvalue weighted by atomic mass is 35.5. The van der Waals surface area contributed by atoms with Crippen LogP contribution in [0.5, 0.6) is 0 Å². The van der Waals surface area contributed by atoms with E-state index < -0.39 is 0 Å². The van der Waals surface area contributed by atoms with Gasteiger partial charge in [-0.15, -0.1) is 0 Å². The lowest BCUT2D eigenvalue weighted by atomic mass is 10.2.